The number of H-pyrrole nitrogens is 1. The van der Waals surface area contributed by atoms with E-state index < -0.39 is 0 Å². The summed E-state index contributed by atoms with van der Waals surface area (Å²) in [6.07, 6.45) is 6.01. The van der Waals surface area contributed by atoms with E-state index >= 15 is 0 Å². The Balaban J connectivity index is 1.72. The van der Waals surface area contributed by atoms with Crippen LogP contribution in [0, 0.1) is 0 Å². The standard InChI is InChI=1S/C11H18N2O/c1-14-11-5-4-9(7-11)13-8-10-3-2-6-12-10/h2-3,6,9,11-13H,4-5,7-8H2,1H3. The highest BCUT2D eigenvalue weighted by Gasteiger charge is 2.23. The molecule has 0 bridgehead atoms. The van der Waals surface area contributed by atoms with Gasteiger partial charge in [-0.15, -0.1) is 0 Å². The lowest BCUT2D eigenvalue weighted by Crippen LogP contribution is -2.26. The van der Waals surface area contributed by atoms with Gasteiger partial charge in [0.25, 0.3) is 0 Å². The molecule has 2 atom stereocenters. The lowest BCUT2D eigenvalue weighted by molar-refractivity contribution is 0.107. The molecule has 1 aliphatic rings. The smallest absolute Gasteiger partial charge is 0.0586 e. The minimum atomic E-state index is 0.469. The second-order valence-electron chi connectivity index (χ2n) is 3.94. The summed E-state index contributed by atoms with van der Waals surface area (Å²) in [6.45, 7) is 0.939. The molecule has 14 heavy (non-hydrogen) atoms. The first-order chi connectivity index (χ1) is 6.88. The van der Waals surface area contributed by atoms with Crippen molar-refractivity contribution in [2.75, 3.05) is 7.11 Å². The fourth-order valence-electron chi connectivity index (χ4n) is 2.07. The van der Waals surface area contributed by atoms with E-state index in [0.29, 0.717) is 12.1 Å². The van der Waals surface area contributed by atoms with Crippen LogP contribution >= 0.6 is 0 Å². The van der Waals surface area contributed by atoms with E-state index in [0.717, 1.165) is 13.0 Å². The minimum absolute atomic E-state index is 0.469. The number of aromatic nitrogens is 1. The van der Waals surface area contributed by atoms with Crippen LogP contribution < -0.4 is 5.32 Å². The van der Waals surface area contributed by atoms with Crippen molar-refractivity contribution in [2.24, 2.45) is 0 Å². The Morgan fingerprint density at radius 3 is 3.14 bits per heavy atom. The van der Waals surface area contributed by atoms with Crippen LogP contribution in [-0.4, -0.2) is 24.2 Å². The molecule has 2 rings (SSSR count). The van der Waals surface area contributed by atoms with Gasteiger partial charge < -0.3 is 15.0 Å². The molecule has 3 heteroatoms. The van der Waals surface area contributed by atoms with Crippen LogP contribution in [0.15, 0.2) is 18.3 Å². The van der Waals surface area contributed by atoms with E-state index in [1.165, 1.54) is 18.5 Å². The first-order valence-corrected chi connectivity index (χ1v) is 5.27. The van der Waals surface area contributed by atoms with Crippen molar-refractivity contribution < 1.29 is 4.74 Å². The van der Waals surface area contributed by atoms with Gasteiger partial charge in [0.15, 0.2) is 0 Å². The van der Waals surface area contributed by atoms with Crippen LogP contribution in [0.1, 0.15) is 25.0 Å². The van der Waals surface area contributed by atoms with Crippen molar-refractivity contribution in [1.82, 2.24) is 10.3 Å². The molecule has 1 aromatic heterocycles. The maximum atomic E-state index is 5.33. The fraction of sp³-hybridized carbons (Fsp3) is 0.636. The van der Waals surface area contributed by atoms with Crippen LogP contribution in [-0.2, 0) is 11.3 Å². The molecular weight excluding hydrogens is 176 g/mol. The number of nitrogens with one attached hydrogen (secondary N) is 2. The van der Waals surface area contributed by atoms with Gasteiger partial charge in [0, 0.05) is 31.6 Å². The van der Waals surface area contributed by atoms with Gasteiger partial charge in [-0.2, -0.15) is 0 Å². The average Bonchev–Trinajstić information content (AvgIpc) is 2.86. The Morgan fingerprint density at radius 2 is 2.50 bits per heavy atom. The largest absolute Gasteiger partial charge is 0.381 e. The van der Waals surface area contributed by atoms with Gasteiger partial charge in [0.1, 0.15) is 0 Å². The first-order valence-electron chi connectivity index (χ1n) is 5.27. The molecule has 1 heterocycles. The third-order valence-electron chi connectivity index (χ3n) is 2.96. The third-order valence-corrected chi connectivity index (χ3v) is 2.96. The number of ether oxygens (including phenoxy) is 1. The van der Waals surface area contributed by atoms with Crippen LogP contribution in [0.25, 0.3) is 0 Å². The highest BCUT2D eigenvalue weighted by Crippen LogP contribution is 2.21. The second kappa shape index (κ2) is 4.62. The van der Waals surface area contributed by atoms with E-state index in [2.05, 4.69) is 16.4 Å². The number of aromatic amines is 1. The van der Waals surface area contributed by atoms with Gasteiger partial charge in [0.2, 0.25) is 0 Å². The second-order valence-corrected chi connectivity index (χ2v) is 3.94. The maximum absolute atomic E-state index is 5.33. The van der Waals surface area contributed by atoms with Gasteiger partial charge in [-0.3, -0.25) is 0 Å². The van der Waals surface area contributed by atoms with Gasteiger partial charge >= 0.3 is 0 Å². The Kier molecular flexibility index (Phi) is 3.22. The van der Waals surface area contributed by atoms with E-state index in [1.807, 2.05) is 12.3 Å². The molecule has 1 saturated carbocycles. The van der Waals surface area contributed by atoms with Crippen LogP contribution in [0.3, 0.4) is 0 Å². The molecule has 0 saturated heterocycles. The van der Waals surface area contributed by atoms with Gasteiger partial charge in [0.05, 0.1) is 6.10 Å². The molecule has 2 unspecified atom stereocenters. The molecule has 1 fully saturated rings. The zero-order valence-corrected chi connectivity index (χ0v) is 8.62. The lowest BCUT2D eigenvalue weighted by Gasteiger charge is -2.11. The molecule has 0 spiro atoms. The van der Waals surface area contributed by atoms with Crippen molar-refractivity contribution >= 4 is 0 Å². The topological polar surface area (TPSA) is 37.0 Å². The summed E-state index contributed by atoms with van der Waals surface area (Å²) in [4.78, 5) is 3.19. The summed E-state index contributed by atoms with van der Waals surface area (Å²) in [7, 11) is 1.80. The Bertz CT molecular complexity index is 258. The summed E-state index contributed by atoms with van der Waals surface area (Å²) >= 11 is 0. The molecule has 0 aromatic carbocycles. The molecule has 0 amide bonds. The number of hydrogen-bond donors (Lipinski definition) is 2. The van der Waals surface area contributed by atoms with E-state index in [9.17, 15) is 0 Å². The molecule has 0 aliphatic heterocycles. The van der Waals surface area contributed by atoms with Gasteiger partial charge in [-0.1, -0.05) is 0 Å². The monoisotopic (exact) mass is 194 g/mol. The molecular formula is C11H18N2O. The van der Waals surface area contributed by atoms with Gasteiger partial charge in [-0.25, -0.2) is 0 Å². The van der Waals surface area contributed by atoms with Crippen LogP contribution in [0.5, 0.6) is 0 Å². The summed E-state index contributed by atoms with van der Waals surface area (Å²) in [6, 6.07) is 4.77. The SMILES string of the molecule is COC1CCC(NCc2ccc[nH]2)C1. The molecule has 78 valence electrons. The summed E-state index contributed by atoms with van der Waals surface area (Å²) < 4.78 is 5.33. The number of hydrogen-bond acceptors (Lipinski definition) is 2. The van der Waals surface area contributed by atoms with Crippen molar-refractivity contribution in [1.29, 1.82) is 0 Å². The van der Waals surface area contributed by atoms with E-state index in [1.54, 1.807) is 7.11 Å². The van der Waals surface area contributed by atoms with E-state index in [4.69, 9.17) is 4.74 Å². The van der Waals surface area contributed by atoms with Crippen molar-refractivity contribution in [2.45, 2.75) is 38.0 Å². The maximum Gasteiger partial charge on any atom is 0.0586 e. The summed E-state index contributed by atoms with van der Waals surface area (Å²) in [5.41, 5.74) is 1.26. The minimum Gasteiger partial charge on any atom is -0.381 e. The number of methoxy groups -OCH3 is 1. The first kappa shape index (κ1) is 9.74. The Hall–Kier alpha value is -0.800. The summed E-state index contributed by atoms with van der Waals surface area (Å²) in [5, 5.41) is 3.54. The fourth-order valence-corrected chi connectivity index (χ4v) is 2.07. The Labute approximate surface area is 84.9 Å². The molecule has 0 radical (unpaired) electrons. The predicted molar refractivity (Wildman–Crippen MR) is 56.1 cm³/mol. The molecule has 1 aromatic rings. The Morgan fingerprint density at radius 1 is 1.57 bits per heavy atom. The van der Waals surface area contributed by atoms with E-state index in [-0.39, 0.29) is 0 Å². The van der Waals surface area contributed by atoms with Crippen molar-refractivity contribution in [3.8, 4) is 0 Å². The normalized spacial score (nSPS) is 26.9. The average molecular weight is 194 g/mol. The molecule has 1 aliphatic carbocycles. The van der Waals surface area contributed by atoms with Crippen molar-refractivity contribution in [3.63, 3.8) is 0 Å². The highest BCUT2D eigenvalue weighted by atomic mass is 16.5. The molecule has 2 N–H and O–H groups in total. The zero-order valence-electron chi connectivity index (χ0n) is 8.62. The van der Waals surface area contributed by atoms with Gasteiger partial charge in [-0.05, 0) is 31.4 Å². The van der Waals surface area contributed by atoms with Crippen LogP contribution in [0.4, 0.5) is 0 Å². The third kappa shape index (κ3) is 2.36. The molecule has 3 nitrogen and oxygen atoms in total. The summed E-state index contributed by atoms with van der Waals surface area (Å²) in [5.74, 6) is 0. The van der Waals surface area contributed by atoms with Crippen LogP contribution in [0.2, 0.25) is 0 Å². The lowest BCUT2D eigenvalue weighted by atomic mass is 10.2. The predicted octanol–water partition coefficient (Wildman–Crippen LogP) is 1.67. The number of rotatable bonds is 4. The quantitative estimate of drug-likeness (QED) is 0.765. The zero-order chi connectivity index (χ0) is 9.80. The van der Waals surface area contributed by atoms with Crippen molar-refractivity contribution in [3.05, 3.63) is 24.0 Å². The highest BCUT2D eigenvalue weighted by molar-refractivity contribution is 5.03.